The number of hydrogen-bond acceptors (Lipinski definition) is 4. The average molecular weight is 185 g/mol. The molecule has 1 unspecified atom stereocenters. The molecule has 0 radical (unpaired) electrons. The van der Waals surface area contributed by atoms with E-state index >= 15 is 0 Å². The van der Waals surface area contributed by atoms with Gasteiger partial charge in [-0.1, -0.05) is 0 Å². The third-order valence-electron chi connectivity index (χ3n) is 0.839. The van der Waals surface area contributed by atoms with Gasteiger partial charge in [0, 0.05) is 6.04 Å². The molecule has 0 amide bonds. The maximum absolute atomic E-state index is 10.7. The van der Waals surface area contributed by atoms with Gasteiger partial charge in [-0.25, -0.2) is 13.1 Å². The van der Waals surface area contributed by atoms with Gasteiger partial charge in [0.1, 0.15) is 0 Å². The van der Waals surface area contributed by atoms with Gasteiger partial charge in [0.25, 0.3) is 9.06 Å². The fourth-order valence-corrected chi connectivity index (χ4v) is 1.78. The van der Waals surface area contributed by atoms with Crippen LogP contribution in [0.1, 0.15) is 6.92 Å². The minimum Gasteiger partial charge on any atom is -0.395 e. The highest BCUT2D eigenvalue weighted by Gasteiger charge is 2.10. The van der Waals surface area contributed by atoms with E-state index in [9.17, 15) is 8.42 Å². The van der Waals surface area contributed by atoms with Crippen LogP contribution >= 0.6 is 10.8 Å². The van der Waals surface area contributed by atoms with E-state index in [1.54, 1.807) is 6.92 Å². The van der Waals surface area contributed by atoms with Crippen LogP contribution in [0.2, 0.25) is 0 Å². The first kappa shape index (κ1) is 10.2. The molecule has 0 heterocycles. The van der Waals surface area contributed by atoms with Crippen molar-refractivity contribution < 1.29 is 13.5 Å². The smallest absolute Gasteiger partial charge is 0.264 e. The standard InChI is InChI=1S/C4H11NO3S2/c1-4(3-6)5-10(7,8)9-2/h4-6H,3H2,1-2H3. The van der Waals surface area contributed by atoms with Crippen LogP contribution in [0.15, 0.2) is 0 Å². The molecule has 0 fully saturated rings. The third kappa shape index (κ3) is 4.10. The highest BCUT2D eigenvalue weighted by atomic mass is 33.1. The van der Waals surface area contributed by atoms with Crippen LogP contribution in [0.3, 0.4) is 0 Å². The van der Waals surface area contributed by atoms with Crippen LogP contribution in [0.25, 0.3) is 0 Å². The molecule has 0 spiro atoms. The second kappa shape index (κ2) is 4.17. The molecule has 0 aliphatic carbocycles. The summed E-state index contributed by atoms with van der Waals surface area (Å²) < 4.78 is 23.7. The lowest BCUT2D eigenvalue weighted by molar-refractivity contribution is 0.265. The molecule has 0 rings (SSSR count). The van der Waals surface area contributed by atoms with Crippen LogP contribution in [-0.2, 0) is 9.06 Å². The predicted octanol–water partition coefficient (Wildman–Crippen LogP) is -0.435. The number of aliphatic hydroxyl groups excluding tert-OH is 1. The molecular formula is C4H11NO3S2. The van der Waals surface area contributed by atoms with Crippen molar-refractivity contribution in [3.63, 3.8) is 0 Å². The van der Waals surface area contributed by atoms with E-state index < -0.39 is 15.1 Å². The van der Waals surface area contributed by atoms with Gasteiger partial charge in [0.2, 0.25) is 0 Å². The number of aliphatic hydroxyl groups is 1. The summed E-state index contributed by atoms with van der Waals surface area (Å²) in [6.45, 7) is 1.41. The first-order valence-electron chi connectivity index (χ1n) is 2.70. The van der Waals surface area contributed by atoms with E-state index in [1.165, 1.54) is 6.26 Å². The molecule has 0 aromatic heterocycles. The highest BCUT2D eigenvalue weighted by molar-refractivity contribution is 8.71. The molecule has 0 aliphatic rings. The molecular weight excluding hydrogens is 174 g/mol. The lowest BCUT2D eigenvalue weighted by Gasteiger charge is -2.08. The Morgan fingerprint density at radius 1 is 1.70 bits per heavy atom. The molecule has 0 aromatic carbocycles. The summed E-state index contributed by atoms with van der Waals surface area (Å²) in [4.78, 5) is 0. The van der Waals surface area contributed by atoms with Crippen LogP contribution < -0.4 is 4.72 Å². The van der Waals surface area contributed by atoms with Crippen molar-refractivity contribution >= 4 is 19.8 Å². The monoisotopic (exact) mass is 185 g/mol. The molecule has 0 bridgehead atoms. The number of hydrogen-bond donors (Lipinski definition) is 2. The van der Waals surface area contributed by atoms with Crippen molar-refractivity contribution in [1.29, 1.82) is 0 Å². The van der Waals surface area contributed by atoms with Crippen molar-refractivity contribution in [2.45, 2.75) is 13.0 Å². The van der Waals surface area contributed by atoms with Crippen molar-refractivity contribution in [1.82, 2.24) is 4.72 Å². The molecule has 2 N–H and O–H groups in total. The molecule has 0 aliphatic heterocycles. The zero-order chi connectivity index (χ0) is 8.20. The van der Waals surface area contributed by atoms with Crippen molar-refractivity contribution in [3.8, 4) is 0 Å². The summed E-state index contributed by atoms with van der Waals surface area (Å²) in [5, 5.41) is 8.46. The lowest BCUT2D eigenvalue weighted by Crippen LogP contribution is -2.32. The van der Waals surface area contributed by atoms with E-state index in [4.69, 9.17) is 5.11 Å². The Hall–Kier alpha value is 0.220. The highest BCUT2D eigenvalue weighted by Crippen LogP contribution is 2.03. The van der Waals surface area contributed by atoms with E-state index in [0.29, 0.717) is 0 Å². The summed E-state index contributed by atoms with van der Waals surface area (Å²) >= 11 is 0. The zero-order valence-electron chi connectivity index (χ0n) is 5.86. The van der Waals surface area contributed by atoms with Crippen LogP contribution in [0, 0.1) is 0 Å². The summed E-state index contributed by atoms with van der Waals surface area (Å²) in [6, 6.07) is -0.405. The van der Waals surface area contributed by atoms with Gasteiger partial charge in [0.15, 0.2) is 0 Å². The van der Waals surface area contributed by atoms with Crippen LogP contribution in [0.4, 0.5) is 0 Å². The molecule has 0 saturated heterocycles. The molecule has 6 heteroatoms. The van der Waals surface area contributed by atoms with Crippen LogP contribution in [-0.4, -0.2) is 32.4 Å². The topological polar surface area (TPSA) is 66.4 Å². The Kier molecular flexibility index (Phi) is 4.26. The fourth-order valence-electron chi connectivity index (χ4n) is 0.332. The van der Waals surface area contributed by atoms with E-state index in [-0.39, 0.29) is 6.61 Å². The van der Waals surface area contributed by atoms with Crippen LogP contribution in [0.5, 0.6) is 0 Å². The summed E-state index contributed by atoms with van der Waals surface area (Å²) in [5.74, 6) is 0. The first-order valence-corrected chi connectivity index (χ1v) is 5.93. The number of rotatable bonds is 4. The minimum absolute atomic E-state index is 0.181. The molecule has 4 nitrogen and oxygen atoms in total. The average Bonchev–Trinajstić information content (AvgIpc) is 1.87. The first-order chi connectivity index (χ1) is 4.52. The van der Waals surface area contributed by atoms with Gasteiger partial charge in [-0.2, -0.15) is 0 Å². The van der Waals surface area contributed by atoms with E-state index in [1.807, 2.05) is 0 Å². The minimum atomic E-state index is -3.22. The fraction of sp³-hybridized carbons (Fsp3) is 1.00. The molecule has 10 heavy (non-hydrogen) atoms. The second-order valence-corrected chi connectivity index (χ2v) is 5.62. The maximum Gasteiger partial charge on any atom is 0.264 e. The summed E-state index contributed by atoms with van der Waals surface area (Å²) in [7, 11) is -2.50. The zero-order valence-corrected chi connectivity index (χ0v) is 7.50. The Morgan fingerprint density at radius 3 is 2.50 bits per heavy atom. The predicted molar refractivity (Wildman–Crippen MR) is 42.1 cm³/mol. The number of nitrogens with one attached hydrogen (secondary N) is 1. The van der Waals surface area contributed by atoms with Crippen molar-refractivity contribution in [2.75, 3.05) is 12.9 Å². The molecule has 62 valence electrons. The normalized spacial score (nSPS) is 15.1. The molecule has 0 aromatic rings. The molecule has 1 atom stereocenters. The summed E-state index contributed by atoms with van der Waals surface area (Å²) in [5.41, 5.74) is 0. The Bertz CT molecular complexity index is 177. The third-order valence-corrected chi connectivity index (χ3v) is 3.57. The van der Waals surface area contributed by atoms with Gasteiger partial charge < -0.3 is 5.11 Å². The largest absolute Gasteiger partial charge is 0.395 e. The van der Waals surface area contributed by atoms with E-state index in [0.717, 1.165) is 10.8 Å². The Balaban J connectivity index is 3.90. The lowest BCUT2D eigenvalue weighted by atomic mass is 10.4. The van der Waals surface area contributed by atoms with Gasteiger partial charge in [-0.3, -0.25) is 0 Å². The quantitative estimate of drug-likeness (QED) is 0.583. The SMILES string of the molecule is CSS(=O)(=O)NC(C)CO. The van der Waals surface area contributed by atoms with Gasteiger partial charge >= 0.3 is 0 Å². The van der Waals surface area contributed by atoms with Crippen molar-refractivity contribution in [3.05, 3.63) is 0 Å². The van der Waals surface area contributed by atoms with Gasteiger partial charge in [-0.15, -0.1) is 0 Å². The Morgan fingerprint density at radius 2 is 2.20 bits per heavy atom. The summed E-state index contributed by atoms with van der Waals surface area (Å²) in [6.07, 6.45) is 1.46. The maximum atomic E-state index is 10.7. The van der Waals surface area contributed by atoms with Gasteiger partial charge in [0.05, 0.1) is 6.61 Å². The van der Waals surface area contributed by atoms with Gasteiger partial charge in [-0.05, 0) is 24.0 Å². The second-order valence-electron chi connectivity index (χ2n) is 1.82. The Labute approximate surface area is 64.5 Å². The molecule has 0 saturated carbocycles. The van der Waals surface area contributed by atoms with Crippen molar-refractivity contribution in [2.24, 2.45) is 0 Å². The van der Waals surface area contributed by atoms with E-state index in [2.05, 4.69) is 4.72 Å².